The highest BCUT2D eigenvalue weighted by Gasteiger charge is 2.36. The Morgan fingerprint density at radius 1 is 1.35 bits per heavy atom. The predicted octanol–water partition coefficient (Wildman–Crippen LogP) is 2.78. The molecule has 0 spiro atoms. The van der Waals surface area contributed by atoms with Gasteiger partial charge in [0.2, 0.25) is 15.9 Å². The first-order valence-corrected chi connectivity index (χ1v) is 13.7. The first-order chi connectivity index (χ1) is 17.6. The topological polar surface area (TPSA) is 109 Å². The fourth-order valence-electron chi connectivity index (χ4n) is 3.97. The van der Waals surface area contributed by atoms with Crippen LogP contribution >= 0.6 is 0 Å². The van der Waals surface area contributed by atoms with Gasteiger partial charge in [0.1, 0.15) is 17.4 Å². The van der Waals surface area contributed by atoms with Gasteiger partial charge in [0, 0.05) is 43.8 Å². The van der Waals surface area contributed by atoms with Gasteiger partial charge in [-0.05, 0) is 31.5 Å². The standard InChI is InChI=1S/C27H35N3O6S/c1-6-7-8-10-21-13-24-26(28-15-21)36-25(19(2)16-30(27(24)32)20(3)18-31)17-29(4)37(33,34)23-12-9-11-22(14-23)35-5/h9,11-15,19-20,25,31H,6-7,16-18H2,1-5H3/t19-,20-,25+/m0/s1. The van der Waals surface area contributed by atoms with Gasteiger partial charge < -0.3 is 19.5 Å². The molecule has 3 rings (SSSR count). The van der Waals surface area contributed by atoms with E-state index in [0.717, 1.165) is 12.8 Å². The van der Waals surface area contributed by atoms with Crippen LogP contribution in [0.2, 0.25) is 0 Å². The summed E-state index contributed by atoms with van der Waals surface area (Å²) < 4.78 is 39.2. The second-order valence-corrected chi connectivity index (χ2v) is 11.3. The average Bonchev–Trinajstić information content (AvgIpc) is 2.90. The van der Waals surface area contributed by atoms with E-state index in [1.807, 2.05) is 13.8 Å². The molecule has 3 atom stereocenters. The molecule has 1 aliphatic heterocycles. The molecule has 0 bridgehead atoms. The average molecular weight is 530 g/mol. The maximum Gasteiger partial charge on any atom is 0.259 e. The van der Waals surface area contributed by atoms with E-state index in [1.165, 1.54) is 30.6 Å². The molecule has 1 aromatic heterocycles. The van der Waals surface area contributed by atoms with Crippen molar-refractivity contribution in [2.75, 3.05) is 33.9 Å². The number of ether oxygens (including phenoxy) is 2. The number of rotatable bonds is 8. The summed E-state index contributed by atoms with van der Waals surface area (Å²) in [6.07, 6.45) is 2.58. The van der Waals surface area contributed by atoms with Crippen LogP contribution in [-0.2, 0) is 10.0 Å². The summed E-state index contributed by atoms with van der Waals surface area (Å²) in [6, 6.07) is 7.47. The van der Waals surface area contributed by atoms with Gasteiger partial charge in [-0.25, -0.2) is 13.4 Å². The van der Waals surface area contributed by atoms with Gasteiger partial charge in [0.05, 0.1) is 31.2 Å². The summed E-state index contributed by atoms with van der Waals surface area (Å²) in [6.45, 7) is 5.76. The van der Waals surface area contributed by atoms with Crippen LogP contribution in [0.15, 0.2) is 41.4 Å². The first kappa shape index (κ1) is 28.4. The highest BCUT2D eigenvalue weighted by atomic mass is 32.2. The number of hydrogen-bond acceptors (Lipinski definition) is 7. The van der Waals surface area contributed by atoms with Crippen LogP contribution in [0.4, 0.5) is 0 Å². The molecule has 2 aromatic rings. The number of aromatic nitrogens is 1. The van der Waals surface area contributed by atoms with Crippen LogP contribution in [0.25, 0.3) is 0 Å². The zero-order chi connectivity index (χ0) is 27.2. The molecular weight excluding hydrogens is 494 g/mol. The highest BCUT2D eigenvalue weighted by molar-refractivity contribution is 7.89. The van der Waals surface area contributed by atoms with Crippen LogP contribution in [0.5, 0.6) is 11.6 Å². The van der Waals surface area contributed by atoms with Crippen molar-refractivity contribution in [3.05, 3.63) is 47.7 Å². The number of aliphatic hydroxyl groups excluding tert-OH is 1. The lowest BCUT2D eigenvalue weighted by Gasteiger charge is -2.37. The molecule has 0 unspecified atom stereocenters. The van der Waals surface area contributed by atoms with Crippen LogP contribution < -0.4 is 9.47 Å². The van der Waals surface area contributed by atoms with Gasteiger partial charge in [-0.1, -0.05) is 31.8 Å². The number of likely N-dealkylation sites (N-methyl/N-ethyl adjacent to an activating group) is 1. The van der Waals surface area contributed by atoms with Crippen LogP contribution in [0, 0.1) is 17.8 Å². The second-order valence-electron chi connectivity index (χ2n) is 9.22. The summed E-state index contributed by atoms with van der Waals surface area (Å²) in [5, 5.41) is 9.82. The minimum Gasteiger partial charge on any atom is -0.497 e. The van der Waals surface area contributed by atoms with Crippen molar-refractivity contribution in [2.45, 2.75) is 50.7 Å². The minimum absolute atomic E-state index is 0.0232. The number of amides is 1. The largest absolute Gasteiger partial charge is 0.497 e. The van der Waals surface area contributed by atoms with E-state index in [1.54, 1.807) is 36.2 Å². The van der Waals surface area contributed by atoms with E-state index in [4.69, 9.17) is 9.47 Å². The SMILES string of the molecule is CCCC#Cc1cnc2c(c1)C(=O)N([C@@H](C)CO)C[C@H](C)[C@@H](CN(C)S(=O)(=O)c1cccc(OC)c1)O2. The third-order valence-corrected chi connectivity index (χ3v) is 8.13. The Morgan fingerprint density at radius 2 is 2.11 bits per heavy atom. The molecular formula is C27H35N3O6S. The lowest BCUT2D eigenvalue weighted by Crippen LogP contribution is -2.50. The van der Waals surface area contributed by atoms with E-state index in [9.17, 15) is 18.3 Å². The quantitative estimate of drug-likeness (QED) is 0.524. The predicted molar refractivity (Wildman–Crippen MR) is 140 cm³/mol. The Hall–Kier alpha value is -3.13. The maximum atomic E-state index is 13.5. The van der Waals surface area contributed by atoms with Crippen molar-refractivity contribution in [1.29, 1.82) is 0 Å². The number of fused-ring (bicyclic) bond motifs is 1. The summed E-state index contributed by atoms with van der Waals surface area (Å²) in [5.41, 5.74) is 0.822. The molecule has 1 amide bonds. The number of carbonyl (C=O) groups is 1. The first-order valence-electron chi connectivity index (χ1n) is 12.3. The molecule has 2 heterocycles. The number of carbonyl (C=O) groups excluding carboxylic acids is 1. The Balaban J connectivity index is 1.97. The molecule has 1 aromatic carbocycles. The number of nitrogens with zero attached hydrogens (tertiary/aromatic N) is 3. The highest BCUT2D eigenvalue weighted by Crippen LogP contribution is 2.28. The Labute approximate surface area is 219 Å². The Morgan fingerprint density at radius 3 is 2.78 bits per heavy atom. The van der Waals surface area contributed by atoms with Crippen LogP contribution in [0.3, 0.4) is 0 Å². The zero-order valence-electron chi connectivity index (χ0n) is 22.0. The molecule has 0 radical (unpaired) electrons. The fraction of sp³-hybridized carbons (Fsp3) is 0.481. The van der Waals surface area contributed by atoms with Gasteiger partial charge in [-0.15, -0.1) is 0 Å². The molecule has 0 saturated heterocycles. The lowest BCUT2D eigenvalue weighted by molar-refractivity contribution is 0.0373. The van der Waals surface area contributed by atoms with Crippen LogP contribution in [-0.4, -0.2) is 79.6 Å². The van der Waals surface area contributed by atoms with Crippen molar-refractivity contribution < 1.29 is 27.8 Å². The molecule has 37 heavy (non-hydrogen) atoms. The van der Waals surface area contributed by atoms with Crippen molar-refractivity contribution in [3.63, 3.8) is 0 Å². The number of sulfonamides is 1. The van der Waals surface area contributed by atoms with Gasteiger partial charge >= 0.3 is 0 Å². The molecule has 1 aliphatic rings. The van der Waals surface area contributed by atoms with E-state index >= 15 is 0 Å². The second kappa shape index (κ2) is 12.4. The number of aliphatic hydroxyl groups is 1. The van der Waals surface area contributed by atoms with E-state index < -0.39 is 22.2 Å². The molecule has 10 heteroatoms. The molecule has 200 valence electrons. The van der Waals surface area contributed by atoms with Gasteiger partial charge in [0.15, 0.2) is 0 Å². The number of hydrogen-bond donors (Lipinski definition) is 1. The third kappa shape index (κ3) is 6.60. The molecule has 9 nitrogen and oxygen atoms in total. The number of unbranched alkanes of at least 4 members (excludes halogenated alkanes) is 1. The number of benzene rings is 1. The molecule has 1 N–H and O–H groups in total. The minimum atomic E-state index is -3.84. The summed E-state index contributed by atoms with van der Waals surface area (Å²) >= 11 is 0. The van der Waals surface area contributed by atoms with E-state index in [2.05, 4.69) is 16.8 Å². The maximum absolute atomic E-state index is 13.5. The van der Waals surface area contributed by atoms with Crippen molar-refractivity contribution in [1.82, 2.24) is 14.2 Å². The zero-order valence-corrected chi connectivity index (χ0v) is 22.8. The van der Waals surface area contributed by atoms with Crippen molar-refractivity contribution in [2.24, 2.45) is 5.92 Å². The van der Waals surface area contributed by atoms with E-state index in [-0.39, 0.29) is 47.9 Å². The summed E-state index contributed by atoms with van der Waals surface area (Å²) in [4.78, 5) is 19.6. The van der Waals surface area contributed by atoms with E-state index in [0.29, 0.717) is 11.3 Å². The number of methoxy groups -OCH3 is 1. The third-order valence-electron chi connectivity index (χ3n) is 6.32. The van der Waals surface area contributed by atoms with Crippen LogP contribution in [0.1, 0.15) is 49.5 Å². The smallest absolute Gasteiger partial charge is 0.259 e. The summed E-state index contributed by atoms with van der Waals surface area (Å²) in [5.74, 6) is 6.05. The normalized spacial score (nSPS) is 18.7. The Kier molecular flexibility index (Phi) is 9.54. The lowest BCUT2D eigenvalue weighted by atomic mass is 10.0. The Bertz CT molecular complexity index is 1270. The van der Waals surface area contributed by atoms with Gasteiger partial charge in [-0.3, -0.25) is 4.79 Å². The van der Waals surface area contributed by atoms with Crippen molar-refractivity contribution >= 4 is 15.9 Å². The van der Waals surface area contributed by atoms with Gasteiger partial charge in [-0.2, -0.15) is 4.31 Å². The van der Waals surface area contributed by atoms with Gasteiger partial charge in [0.25, 0.3) is 5.91 Å². The van der Waals surface area contributed by atoms with Crippen molar-refractivity contribution in [3.8, 4) is 23.5 Å². The summed E-state index contributed by atoms with van der Waals surface area (Å²) in [7, 11) is -0.876. The molecule has 0 saturated carbocycles. The molecule has 0 aliphatic carbocycles. The monoisotopic (exact) mass is 529 g/mol. The molecule has 0 fully saturated rings. The fourth-order valence-corrected chi connectivity index (χ4v) is 5.19. The number of pyridine rings is 1.